The Kier molecular flexibility index (Phi) is 5.38. The van der Waals surface area contributed by atoms with Gasteiger partial charge >= 0.3 is 6.18 Å². The van der Waals surface area contributed by atoms with Gasteiger partial charge < -0.3 is 14.6 Å². The van der Waals surface area contributed by atoms with Gasteiger partial charge in [0.25, 0.3) is 5.91 Å². The lowest BCUT2D eigenvalue weighted by molar-refractivity contribution is -0.137. The molecule has 0 spiro atoms. The van der Waals surface area contributed by atoms with E-state index in [9.17, 15) is 22.8 Å². The summed E-state index contributed by atoms with van der Waals surface area (Å²) in [5.74, 6) is -1.21. The number of benzene rings is 3. The van der Waals surface area contributed by atoms with Crippen LogP contribution < -0.4 is 5.32 Å². The zero-order valence-electron chi connectivity index (χ0n) is 17.3. The number of carbonyl (C=O) groups excluding carboxylic acids is 2. The van der Waals surface area contributed by atoms with Crippen molar-refractivity contribution in [1.29, 1.82) is 0 Å². The number of rotatable bonds is 4. The smallest absolute Gasteiger partial charge is 0.418 e. The summed E-state index contributed by atoms with van der Waals surface area (Å²) in [4.78, 5) is 26.4. The molecule has 5 nitrogen and oxygen atoms in total. The van der Waals surface area contributed by atoms with Gasteiger partial charge in [-0.2, -0.15) is 13.2 Å². The number of fused-ring (bicyclic) bond motifs is 3. The van der Waals surface area contributed by atoms with Crippen LogP contribution in [0.15, 0.2) is 65.1 Å². The lowest BCUT2D eigenvalue weighted by atomic mass is 10.1. The van der Waals surface area contributed by atoms with Crippen LogP contribution in [0.1, 0.15) is 21.7 Å². The van der Waals surface area contributed by atoms with Crippen molar-refractivity contribution in [3.05, 3.63) is 77.6 Å². The Hall–Kier alpha value is -3.81. The van der Waals surface area contributed by atoms with Gasteiger partial charge in [0.05, 0.1) is 17.8 Å². The molecule has 0 unspecified atom stereocenters. The summed E-state index contributed by atoms with van der Waals surface area (Å²) >= 11 is 0. The van der Waals surface area contributed by atoms with Crippen LogP contribution in [0.4, 0.5) is 18.9 Å². The number of para-hydroxylation sites is 1. The second-order valence-electron chi connectivity index (χ2n) is 7.47. The maximum Gasteiger partial charge on any atom is 0.418 e. The normalized spacial score (nSPS) is 11.7. The Morgan fingerprint density at radius 1 is 0.969 bits per heavy atom. The Morgan fingerprint density at radius 2 is 1.66 bits per heavy atom. The first-order chi connectivity index (χ1) is 15.2. The molecule has 32 heavy (non-hydrogen) atoms. The molecule has 164 valence electrons. The molecule has 4 aromatic rings. The second kappa shape index (κ2) is 8.03. The number of likely N-dealkylation sites (N-methyl/N-ethyl adjacent to an activating group) is 1. The summed E-state index contributed by atoms with van der Waals surface area (Å²) in [6.07, 6.45) is -4.61. The third-order valence-corrected chi connectivity index (χ3v) is 5.26. The van der Waals surface area contributed by atoms with Crippen molar-refractivity contribution in [2.24, 2.45) is 0 Å². The molecule has 4 rings (SSSR count). The van der Waals surface area contributed by atoms with Crippen LogP contribution in [0.3, 0.4) is 0 Å². The van der Waals surface area contributed by atoms with Crippen molar-refractivity contribution >= 4 is 39.2 Å². The highest BCUT2D eigenvalue weighted by Crippen LogP contribution is 2.35. The van der Waals surface area contributed by atoms with Crippen molar-refractivity contribution in [3.8, 4) is 0 Å². The monoisotopic (exact) mass is 440 g/mol. The minimum atomic E-state index is -4.61. The van der Waals surface area contributed by atoms with Gasteiger partial charge in [-0.15, -0.1) is 0 Å². The summed E-state index contributed by atoms with van der Waals surface area (Å²) < 4.78 is 45.3. The number of hydrogen-bond donors (Lipinski definition) is 1. The lowest BCUT2D eigenvalue weighted by Crippen LogP contribution is -2.35. The minimum absolute atomic E-state index is 0.0855. The largest absolute Gasteiger partial charge is 0.450 e. The number of carbonyl (C=O) groups is 2. The number of furan rings is 1. The lowest BCUT2D eigenvalue weighted by Gasteiger charge is -2.17. The van der Waals surface area contributed by atoms with Gasteiger partial charge in [0, 0.05) is 23.4 Å². The zero-order valence-corrected chi connectivity index (χ0v) is 17.3. The van der Waals surface area contributed by atoms with Crippen LogP contribution >= 0.6 is 0 Å². The van der Waals surface area contributed by atoms with Gasteiger partial charge in [-0.05, 0) is 24.4 Å². The van der Waals surface area contributed by atoms with E-state index in [0.29, 0.717) is 11.1 Å². The minimum Gasteiger partial charge on any atom is -0.450 e. The van der Waals surface area contributed by atoms with Gasteiger partial charge in [0.2, 0.25) is 5.91 Å². The number of anilines is 1. The fourth-order valence-corrected chi connectivity index (χ4v) is 3.64. The highest BCUT2D eigenvalue weighted by molar-refractivity contribution is 6.09. The first kappa shape index (κ1) is 21.4. The predicted molar refractivity (Wildman–Crippen MR) is 115 cm³/mol. The van der Waals surface area contributed by atoms with E-state index in [1.165, 1.54) is 19.2 Å². The molecule has 3 aromatic carbocycles. The van der Waals surface area contributed by atoms with Crippen molar-refractivity contribution in [2.45, 2.75) is 13.1 Å². The maximum absolute atomic E-state index is 13.1. The number of nitrogens with one attached hydrogen (secondary N) is 1. The number of nitrogens with zero attached hydrogens (tertiary/aromatic N) is 1. The van der Waals surface area contributed by atoms with Crippen molar-refractivity contribution in [1.82, 2.24) is 4.90 Å². The molecule has 0 fully saturated rings. The highest BCUT2D eigenvalue weighted by atomic mass is 19.4. The average Bonchev–Trinajstić information content (AvgIpc) is 3.09. The molecule has 0 aliphatic rings. The standard InChI is InChI=1S/C24H19F3N2O3/c1-14-16-12-11-15-7-3-4-8-17(15)22(16)32-21(14)23(31)29(2)13-20(30)28-19-10-6-5-9-18(19)24(25,26)27/h3-12H,13H2,1-2H3,(H,28,30). The van der Waals surface area contributed by atoms with Crippen LogP contribution in [0.25, 0.3) is 21.7 Å². The van der Waals surface area contributed by atoms with Crippen molar-refractivity contribution in [2.75, 3.05) is 18.9 Å². The fourth-order valence-electron chi connectivity index (χ4n) is 3.64. The third-order valence-electron chi connectivity index (χ3n) is 5.26. The van der Waals surface area contributed by atoms with E-state index < -0.39 is 30.1 Å². The molecule has 1 N–H and O–H groups in total. The first-order valence-electron chi connectivity index (χ1n) is 9.79. The average molecular weight is 440 g/mol. The molecular weight excluding hydrogens is 421 g/mol. The molecule has 0 aliphatic carbocycles. The van der Waals surface area contributed by atoms with Gasteiger partial charge in [-0.25, -0.2) is 0 Å². The number of halogens is 3. The quantitative estimate of drug-likeness (QED) is 0.448. The third kappa shape index (κ3) is 3.91. The summed E-state index contributed by atoms with van der Waals surface area (Å²) in [5.41, 5.74) is -0.120. The van der Waals surface area contributed by atoms with Crippen LogP contribution in [-0.2, 0) is 11.0 Å². The van der Waals surface area contributed by atoms with E-state index in [0.717, 1.165) is 33.2 Å². The fraction of sp³-hybridized carbons (Fsp3) is 0.167. The summed E-state index contributed by atoms with van der Waals surface area (Å²) in [5, 5.41) is 4.84. The predicted octanol–water partition coefficient (Wildman–Crippen LogP) is 5.62. The zero-order chi connectivity index (χ0) is 23.0. The molecule has 0 aliphatic heterocycles. The highest BCUT2D eigenvalue weighted by Gasteiger charge is 2.33. The summed E-state index contributed by atoms with van der Waals surface area (Å²) in [7, 11) is 1.39. The molecule has 2 amide bonds. The molecule has 0 bridgehead atoms. The van der Waals surface area contributed by atoms with E-state index in [4.69, 9.17) is 4.42 Å². The molecule has 1 heterocycles. The van der Waals surface area contributed by atoms with Crippen molar-refractivity contribution in [3.63, 3.8) is 0 Å². The van der Waals surface area contributed by atoms with Crippen LogP contribution in [0, 0.1) is 6.92 Å². The number of hydrogen-bond acceptors (Lipinski definition) is 3. The maximum atomic E-state index is 13.1. The van der Waals surface area contributed by atoms with E-state index in [2.05, 4.69) is 5.32 Å². The SMILES string of the molecule is Cc1c(C(=O)N(C)CC(=O)Nc2ccccc2C(F)(F)F)oc2c1ccc1ccccc12. The molecule has 0 saturated carbocycles. The van der Waals surface area contributed by atoms with Crippen LogP contribution in [0.5, 0.6) is 0 Å². The Bertz CT molecular complexity index is 1340. The Balaban J connectivity index is 1.56. The van der Waals surface area contributed by atoms with Gasteiger partial charge in [-0.3, -0.25) is 9.59 Å². The van der Waals surface area contributed by atoms with Gasteiger partial charge in [0.1, 0.15) is 5.58 Å². The van der Waals surface area contributed by atoms with Crippen LogP contribution in [0.2, 0.25) is 0 Å². The molecule has 1 aromatic heterocycles. The number of aryl methyl sites for hydroxylation is 1. The second-order valence-corrected chi connectivity index (χ2v) is 7.47. The molecule has 8 heteroatoms. The van der Waals surface area contributed by atoms with Gasteiger partial charge in [0.15, 0.2) is 5.76 Å². The number of alkyl halides is 3. The van der Waals surface area contributed by atoms with E-state index in [1.807, 2.05) is 36.4 Å². The molecule has 0 atom stereocenters. The van der Waals surface area contributed by atoms with E-state index in [-0.39, 0.29) is 11.4 Å². The van der Waals surface area contributed by atoms with Crippen molar-refractivity contribution < 1.29 is 27.2 Å². The molecular formula is C24H19F3N2O3. The molecule has 0 radical (unpaired) electrons. The van der Waals surface area contributed by atoms with Crippen LogP contribution in [-0.4, -0.2) is 30.3 Å². The summed E-state index contributed by atoms with van der Waals surface area (Å²) in [6, 6.07) is 16.1. The Labute approximate surface area is 181 Å². The topological polar surface area (TPSA) is 62.6 Å². The molecule has 0 saturated heterocycles. The number of amides is 2. The van der Waals surface area contributed by atoms with E-state index in [1.54, 1.807) is 6.92 Å². The Morgan fingerprint density at radius 3 is 2.41 bits per heavy atom. The summed E-state index contributed by atoms with van der Waals surface area (Å²) in [6.45, 7) is 1.31. The first-order valence-corrected chi connectivity index (χ1v) is 9.79. The van der Waals surface area contributed by atoms with Gasteiger partial charge in [-0.1, -0.05) is 48.5 Å². The van der Waals surface area contributed by atoms with E-state index >= 15 is 0 Å².